The minimum atomic E-state index is -5.09. The van der Waals surface area contributed by atoms with Crippen molar-refractivity contribution in [3.63, 3.8) is 0 Å². The van der Waals surface area contributed by atoms with Crippen LogP contribution in [0.5, 0.6) is 0 Å². The van der Waals surface area contributed by atoms with Crippen LogP contribution in [0.1, 0.15) is 72.9 Å². The third kappa shape index (κ3) is 9.75. The van der Waals surface area contributed by atoms with Gasteiger partial charge in [0.15, 0.2) is 18.7 Å². The van der Waals surface area contributed by atoms with Crippen LogP contribution in [0.4, 0.5) is 0 Å². The molecule has 338 valence electrons. The van der Waals surface area contributed by atoms with Crippen molar-refractivity contribution in [3.05, 3.63) is 119 Å². The molecule has 20 heteroatoms. The van der Waals surface area contributed by atoms with Gasteiger partial charge in [0.05, 0.1) is 35.8 Å². The second-order valence-corrected chi connectivity index (χ2v) is 18.3. The summed E-state index contributed by atoms with van der Waals surface area (Å²) in [6.45, 7) is 4.39. The first kappa shape index (κ1) is 53.2. The van der Waals surface area contributed by atoms with Crippen molar-refractivity contribution in [1.82, 2.24) is 5.32 Å². The molecule has 4 aliphatic rings. The van der Waals surface area contributed by atoms with Crippen molar-refractivity contribution in [1.29, 1.82) is 0 Å². The number of esters is 2. The van der Waals surface area contributed by atoms with E-state index in [2.05, 4.69) is 9.84 Å². The molecule has 7 rings (SSSR count). The maximum atomic E-state index is 15.2. The summed E-state index contributed by atoms with van der Waals surface area (Å²) < 4.78 is 40.1. The molecule has 9 unspecified atom stereocenters. The van der Waals surface area contributed by atoms with Crippen LogP contribution in [-0.4, -0.2) is 115 Å². The second-order valence-electron chi connectivity index (χ2n) is 17.1. The largest absolute Gasteiger partial charge is 0.471 e. The predicted molar refractivity (Wildman–Crippen MR) is 215 cm³/mol. The predicted octanol–water partition coefficient (Wildman–Crippen LogP) is 2.69. The van der Waals surface area contributed by atoms with E-state index in [0.717, 1.165) is 0 Å². The number of nitrogens with one attached hydrogen (secondary N) is 1. The first-order valence-electron chi connectivity index (χ1n) is 20.0. The molecule has 64 heavy (non-hydrogen) atoms. The monoisotopic (exact) mass is 1330 g/mol. The Hall–Kier alpha value is -1.77. The molecule has 0 aromatic heterocycles. The first-order chi connectivity index (χ1) is 29.1. The van der Waals surface area contributed by atoms with Crippen LogP contribution in [-0.2, 0) is 37.6 Å². The Bertz CT molecular complexity index is 2280. The zero-order valence-corrected chi connectivity index (χ0v) is 45.9. The van der Waals surface area contributed by atoms with Crippen LogP contribution in [0, 0.1) is 105 Å². The van der Waals surface area contributed by atoms with E-state index in [1.807, 2.05) is 0 Å². The Labute approximate surface area is 441 Å². The number of carbonyl (C=O) groups is 4. The van der Waals surface area contributed by atoms with Crippen LogP contribution in [0.3, 0.4) is 0 Å². The van der Waals surface area contributed by atoms with Gasteiger partial charge in [0, 0.05) is 118 Å². The molecule has 1 aliphatic heterocycles. The standard InChI is InChI=1S/C44H50NO16P.2Ac/c1-24-28(60-40(51)34(47)32(25-14-8-5-9-15-25)45-38(49)26-16-10-6-11-17-26)21-44(53)37(61-39(50)27-18-12-7-13-19-27)35-42(4,36(48)33(46)31(24)41(44,2)3)29(58-23-59-62(54,55)56)20-30-43(35,52)22-57-30;;/h5-19,28-30,32-35,37,46-47,52-53H,20-23H2,1-4H3,(H,45,49)(H2,54,55,56);;/t28?,29?,30?,32?,33?,34?,35?,37?,42-,43+,44?;;/m1../s1. The minimum Gasteiger partial charge on any atom is -0.456 e. The minimum absolute atomic E-state index is 0. The molecule has 1 saturated heterocycles. The number of aliphatic hydroxyl groups is 4. The summed E-state index contributed by atoms with van der Waals surface area (Å²) >= 11 is 0. The van der Waals surface area contributed by atoms with E-state index in [1.165, 1.54) is 39.8 Å². The number of phosphoric ester groups is 1. The number of amides is 1. The van der Waals surface area contributed by atoms with Gasteiger partial charge in [0.25, 0.3) is 5.91 Å². The smallest absolute Gasteiger partial charge is 0.456 e. The first-order valence-corrected chi connectivity index (χ1v) is 21.5. The van der Waals surface area contributed by atoms with Crippen LogP contribution >= 0.6 is 7.82 Å². The van der Waals surface area contributed by atoms with Gasteiger partial charge in [-0.05, 0) is 54.8 Å². The van der Waals surface area contributed by atoms with Crippen molar-refractivity contribution in [2.75, 3.05) is 13.4 Å². The van der Waals surface area contributed by atoms with E-state index in [4.69, 9.17) is 18.9 Å². The summed E-state index contributed by atoms with van der Waals surface area (Å²) in [5.41, 5.74) is -7.61. The van der Waals surface area contributed by atoms with E-state index in [1.54, 1.807) is 78.9 Å². The average molecular weight is 1330 g/mol. The zero-order chi connectivity index (χ0) is 45.0. The third-order valence-electron chi connectivity index (χ3n) is 13.4. The van der Waals surface area contributed by atoms with Crippen molar-refractivity contribution >= 4 is 31.5 Å². The van der Waals surface area contributed by atoms with Gasteiger partial charge < -0.3 is 54.5 Å². The summed E-state index contributed by atoms with van der Waals surface area (Å²) in [5, 5.41) is 52.7. The van der Waals surface area contributed by atoms with E-state index < -0.39 is 122 Å². The number of fused-ring (bicyclic) bond motifs is 5. The number of hydrogen-bond acceptors (Lipinski definition) is 14. The molecule has 3 fully saturated rings. The fraction of sp³-hybridized carbons (Fsp3) is 0.455. The molecule has 0 spiro atoms. The second kappa shape index (κ2) is 20.4. The molecule has 2 saturated carbocycles. The topological polar surface area (TPSA) is 265 Å². The van der Waals surface area contributed by atoms with Gasteiger partial charge in [-0.15, -0.1) is 0 Å². The van der Waals surface area contributed by atoms with Crippen LogP contribution in [0.2, 0.25) is 0 Å². The Morgan fingerprint density at radius 1 is 0.891 bits per heavy atom. The number of ketones is 1. The average Bonchev–Trinajstić information content (AvgIpc) is 3.24. The van der Waals surface area contributed by atoms with E-state index in [9.17, 15) is 49.2 Å². The Morgan fingerprint density at radius 2 is 1.45 bits per heavy atom. The van der Waals surface area contributed by atoms with Gasteiger partial charge >= 0.3 is 19.8 Å². The van der Waals surface area contributed by atoms with Crippen molar-refractivity contribution in [2.24, 2.45) is 16.7 Å². The molecule has 1 amide bonds. The quantitative estimate of drug-likeness (QED) is 0.0595. The molecular weight excluding hydrogens is 1280 g/mol. The normalized spacial score (nSPS) is 31.4. The third-order valence-corrected chi connectivity index (χ3v) is 13.8. The number of Topliss-reactive ketones (excluding diaryl/α,β-unsaturated/α-hetero) is 1. The van der Waals surface area contributed by atoms with E-state index >= 15 is 4.79 Å². The fourth-order valence-electron chi connectivity index (χ4n) is 9.94. The molecule has 3 aromatic carbocycles. The van der Waals surface area contributed by atoms with Gasteiger partial charge in [0.2, 0.25) is 0 Å². The molecule has 2 radical (unpaired) electrons. The number of carbonyl (C=O) groups excluding carboxylic acids is 4. The Morgan fingerprint density at radius 3 is 2.00 bits per heavy atom. The van der Waals surface area contributed by atoms with Crippen LogP contribution in [0.15, 0.2) is 102 Å². The summed E-state index contributed by atoms with van der Waals surface area (Å²) in [7, 11) is -5.09. The molecule has 7 N–H and O–H groups in total. The number of benzene rings is 3. The maximum absolute atomic E-state index is 15.2. The summed E-state index contributed by atoms with van der Waals surface area (Å²) in [4.78, 5) is 75.7. The SMILES string of the molecule is CC1=C2C(O)C(=O)[C@]3(C)C(OCOP(=O)(O)O)CC4OC[C@@]4(O)C3C(OC(=O)c3ccccc3)C(O)(CC1OC(=O)C(O)C(NC(=O)c1ccccc1)c1ccccc1)C2(C)C.[Ac].[Ac]. The van der Waals surface area contributed by atoms with Gasteiger partial charge in [-0.3, -0.25) is 14.1 Å². The number of aliphatic hydroxyl groups excluding tert-OH is 2. The Kier molecular flexibility index (Phi) is 17.0. The van der Waals surface area contributed by atoms with E-state index in [0.29, 0.717) is 5.56 Å². The molecule has 3 aromatic rings. The van der Waals surface area contributed by atoms with Crippen LogP contribution in [0.25, 0.3) is 0 Å². The number of ether oxygens (including phenoxy) is 4. The molecule has 17 nitrogen and oxygen atoms in total. The van der Waals surface area contributed by atoms with E-state index in [-0.39, 0.29) is 117 Å². The van der Waals surface area contributed by atoms with Crippen LogP contribution < -0.4 is 5.32 Å². The van der Waals surface area contributed by atoms with Gasteiger partial charge in [-0.25, -0.2) is 14.2 Å². The zero-order valence-electron chi connectivity index (χ0n) is 35.5. The number of phosphoric acid groups is 1. The van der Waals surface area contributed by atoms with Gasteiger partial charge in [0.1, 0.15) is 29.5 Å². The molecule has 2 bridgehead atoms. The molecular formula is C44H50Ac2NO16P. The molecule has 3 aliphatic carbocycles. The summed E-state index contributed by atoms with van der Waals surface area (Å²) in [5.74, 6) is -5.46. The van der Waals surface area contributed by atoms with Gasteiger partial charge in [-0.2, -0.15) is 0 Å². The number of hydrogen-bond donors (Lipinski definition) is 7. The van der Waals surface area contributed by atoms with Gasteiger partial charge in [-0.1, -0.05) is 80.6 Å². The Balaban J connectivity index is 0.00000385. The fourth-order valence-corrected chi connectivity index (χ4v) is 10.1. The summed E-state index contributed by atoms with van der Waals surface area (Å²) in [6, 6.07) is 22.7. The van der Waals surface area contributed by atoms with Crippen molar-refractivity contribution in [2.45, 2.75) is 94.4 Å². The molecule has 1 heterocycles. The number of rotatable bonds is 12. The van der Waals surface area contributed by atoms with Crippen molar-refractivity contribution in [3.8, 4) is 0 Å². The summed E-state index contributed by atoms with van der Waals surface area (Å²) in [6.07, 6.45) is -10.9. The van der Waals surface area contributed by atoms with Crippen molar-refractivity contribution < 1.29 is 166 Å². The maximum Gasteiger partial charge on any atom is 0.471 e. The molecule has 11 atom stereocenters.